The number of rotatable bonds is 5. The molecule has 2 heterocycles. The molecule has 0 spiro atoms. The number of amides is 2. The Morgan fingerprint density at radius 2 is 1.89 bits per heavy atom. The van der Waals surface area contributed by atoms with Crippen molar-refractivity contribution in [2.45, 2.75) is 44.9 Å². The zero-order valence-electron chi connectivity index (χ0n) is 21.3. The van der Waals surface area contributed by atoms with E-state index < -0.39 is 35.4 Å². The lowest BCUT2D eigenvalue weighted by Crippen LogP contribution is -2.58. The number of ether oxygens (including phenoxy) is 2. The third kappa shape index (κ3) is 6.01. The topological polar surface area (TPSA) is 127 Å². The Morgan fingerprint density at radius 1 is 1.19 bits per heavy atom. The Kier molecular flexibility index (Phi) is 7.36. The predicted molar refractivity (Wildman–Crippen MR) is 136 cm³/mol. The number of fused-ring (bicyclic) bond motifs is 1. The first kappa shape index (κ1) is 26.0. The second kappa shape index (κ2) is 10.5. The molecule has 0 aliphatic carbocycles. The van der Waals surface area contributed by atoms with Crippen LogP contribution in [-0.4, -0.2) is 58.9 Å². The molecule has 0 unspecified atom stereocenters. The number of morpholine rings is 1. The molecule has 1 aliphatic rings. The third-order valence-corrected chi connectivity index (χ3v) is 6.05. The average Bonchev–Trinajstić information content (AvgIpc) is 3.15. The van der Waals surface area contributed by atoms with Gasteiger partial charge in [-0.1, -0.05) is 30.3 Å². The molecule has 1 aliphatic heterocycles. The first-order chi connectivity index (χ1) is 17.6. The lowest BCUT2D eigenvalue weighted by atomic mass is 10.0. The first-order valence-corrected chi connectivity index (χ1v) is 12.0. The molecule has 194 valence electrons. The van der Waals surface area contributed by atoms with Crippen molar-refractivity contribution in [3.8, 4) is 17.2 Å². The number of benzene rings is 2. The molecule has 3 aromatic rings. The maximum atomic E-state index is 13.0. The first-order valence-electron chi connectivity index (χ1n) is 12.0. The van der Waals surface area contributed by atoms with E-state index in [0.717, 1.165) is 16.7 Å². The summed E-state index contributed by atoms with van der Waals surface area (Å²) >= 11 is 0. The molecular formula is C27H30N4O6. The van der Waals surface area contributed by atoms with Gasteiger partial charge < -0.3 is 19.2 Å². The van der Waals surface area contributed by atoms with Crippen molar-refractivity contribution in [3.63, 3.8) is 0 Å². The van der Waals surface area contributed by atoms with Crippen molar-refractivity contribution in [3.05, 3.63) is 58.6 Å². The average molecular weight is 507 g/mol. The number of carbonyl (C=O) groups excluding carboxylic acids is 2. The highest BCUT2D eigenvalue weighted by Crippen LogP contribution is 2.24. The zero-order valence-corrected chi connectivity index (χ0v) is 21.3. The minimum absolute atomic E-state index is 0.0323. The standard InChI is InChI=1S/C27H30N4O6/c1-27(2,3)37-26(34)31-11-12-35-16-22(31)24(32)29-20(15-28)13-17-5-7-18(8-6-17)19-9-10-23-21(14-19)30(4)25(33)36-23/h5-10,14,20,22H,11-13,16H2,1-4H3,(H,29,32)/t20-,22-/m0/s1. The highest BCUT2D eigenvalue weighted by atomic mass is 16.6. The summed E-state index contributed by atoms with van der Waals surface area (Å²) in [6.45, 7) is 5.84. The van der Waals surface area contributed by atoms with Crippen molar-refractivity contribution in [1.82, 2.24) is 14.8 Å². The highest BCUT2D eigenvalue weighted by Gasteiger charge is 2.36. The second-order valence-electron chi connectivity index (χ2n) is 9.97. The van der Waals surface area contributed by atoms with E-state index in [4.69, 9.17) is 13.9 Å². The Hall–Kier alpha value is -4.10. The predicted octanol–water partition coefficient (Wildman–Crippen LogP) is 2.99. The van der Waals surface area contributed by atoms with Crippen LogP contribution in [0.2, 0.25) is 0 Å². The molecule has 1 fully saturated rings. The van der Waals surface area contributed by atoms with Crippen molar-refractivity contribution in [2.24, 2.45) is 7.05 Å². The van der Waals surface area contributed by atoms with Gasteiger partial charge in [-0.05, 0) is 49.6 Å². The fourth-order valence-electron chi connectivity index (χ4n) is 4.13. The number of nitrogens with zero attached hydrogens (tertiary/aromatic N) is 3. The maximum absolute atomic E-state index is 13.0. The van der Waals surface area contributed by atoms with E-state index in [2.05, 4.69) is 11.4 Å². The van der Waals surface area contributed by atoms with Gasteiger partial charge in [0.25, 0.3) is 0 Å². The van der Waals surface area contributed by atoms with Gasteiger partial charge in [-0.3, -0.25) is 14.3 Å². The summed E-state index contributed by atoms with van der Waals surface area (Å²) in [5.74, 6) is -0.881. The summed E-state index contributed by atoms with van der Waals surface area (Å²) < 4.78 is 17.5. The molecule has 1 N–H and O–H groups in total. The maximum Gasteiger partial charge on any atom is 0.419 e. The third-order valence-electron chi connectivity index (χ3n) is 6.05. The van der Waals surface area contributed by atoms with Crippen LogP contribution in [0.25, 0.3) is 22.2 Å². The zero-order chi connectivity index (χ0) is 26.7. The summed E-state index contributed by atoms with van der Waals surface area (Å²) in [4.78, 5) is 38.7. The number of oxazole rings is 1. The number of hydrogen-bond acceptors (Lipinski definition) is 7. The Morgan fingerprint density at radius 3 is 2.57 bits per heavy atom. The molecule has 2 atom stereocenters. The monoisotopic (exact) mass is 506 g/mol. The highest BCUT2D eigenvalue weighted by molar-refractivity contribution is 5.86. The number of carbonyl (C=O) groups is 2. The van der Waals surface area contributed by atoms with Crippen LogP contribution in [0, 0.1) is 11.3 Å². The number of aromatic nitrogens is 1. The molecule has 10 heteroatoms. The summed E-state index contributed by atoms with van der Waals surface area (Å²) in [7, 11) is 1.66. The van der Waals surface area contributed by atoms with Gasteiger partial charge in [0.05, 0.1) is 24.8 Å². The lowest BCUT2D eigenvalue weighted by Gasteiger charge is -2.35. The normalized spacial score (nSPS) is 16.7. The van der Waals surface area contributed by atoms with E-state index in [1.54, 1.807) is 33.9 Å². The van der Waals surface area contributed by atoms with Crippen molar-refractivity contribution < 1.29 is 23.5 Å². The van der Waals surface area contributed by atoms with E-state index in [1.165, 1.54) is 9.47 Å². The van der Waals surface area contributed by atoms with Crippen molar-refractivity contribution in [1.29, 1.82) is 5.26 Å². The smallest absolute Gasteiger partial charge is 0.419 e. The molecule has 2 amide bonds. The van der Waals surface area contributed by atoms with E-state index in [-0.39, 0.29) is 19.6 Å². The molecule has 0 radical (unpaired) electrons. The molecule has 1 aromatic heterocycles. The van der Waals surface area contributed by atoms with Crippen LogP contribution in [0.3, 0.4) is 0 Å². The molecule has 4 rings (SSSR count). The quantitative estimate of drug-likeness (QED) is 0.564. The van der Waals surface area contributed by atoms with Gasteiger partial charge in [0.15, 0.2) is 5.58 Å². The van der Waals surface area contributed by atoms with Gasteiger partial charge >= 0.3 is 11.8 Å². The van der Waals surface area contributed by atoms with Crippen LogP contribution in [-0.2, 0) is 27.7 Å². The number of hydrogen-bond donors (Lipinski definition) is 1. The van der Waals surface area contributed by atoms with Gasteiger partial charge in [-0.2, -0.15) is 5.26 Å². The SMILES string of the molecule is Cn1c(=O)oc2ccc(-c3ccc(C[C@@H](C#N)NC(=O)[C@@H]4COCCN4C(=O)OC(C)(C)C)cc3)cc21. The van der Waals surface area contributed by atoms with Crippen LogP contribution in [0.1, 0.15) is 26.3 Å². The van der Waals surface area contributed by atoms with E-state index in [0.29, 0.717) is 17.7 Å². The molecule has 1 saturated heterocycles. The van der Waals surface area contributed by atoms with Crippen LogP contribution in [0.5, 0.6) is 0 Å². The fourth-order valence-corrected chi connectivity index (χ4v) is 4.13. The van der Waals surface area contributed by atoms with E-state index >= 15 is 0 Å². The molecule has 0 bridgehead atoms. The van der Waals surface area contributed by atoms with Gasteiger partial charge in [0.1, 0.15) is 17.7 Å². The molecule has 2 aromatic carbocycles. The molecule has 0 saturated carbocycles. The van der Waals surface area contributed by atoms with Crippen LogP contribution in [0.15, 0.2) is 51.7 Å². The summed E-state index contributed by atoms with van der Waals surface area (Å²) in [6, 6.07) is 13.6. The summed E-state index contributed by atoms with van der Waals surface area (Å²) in [6.07, 6.45) is -0.300. The molecule has 10 nitrogen and oxygen atoms in total. The lowest BCUT2D eigenvalue weighted by molar-refractivity contribution is -0.132. The van der Waals surface area contributed by atoms with Gasteiger partial charge in [-0.15, -0.1) is 0 Å². The fraction of sp³-hybridized carbons (Fsp3) is 0.407. The van der Waals surface area contributed by atoms with Gasteiger partial charge in [-0.25, -0.2) is 9.59 Å². The van der Waals surface area contributed by atoms with Crippen molar-refractivity contribution in [2.75, 3.05) is 19.8 Å². The number of nitriles is 1. The molecule has 37 heavy (non-hydrogen) atoms. The summed E-state index contributed by atoms with van der Waals surface area (Å²) in [5.41, 5.74) is 3.24. The van der Waals surface area contributed by atoms with Gasteiger partial charge in [0, 0.05) is 20.0 Å². The van der Waals surface area contributed by atoms with Gasteiger partial charge in [0.2, 0.25) is 5.91 Å². The Bertz CT molecular complexity index is 1390. The summed E-state index contributed by atoms with van der Waals surface area (Å²) in [5, 5.41) is 12.4. The van der Waals surface area contributed by atoms with Crippen LogP contribution < -0.4 is 11.1 Å². The largest absolute Gasteiger partial charge is 0.444 e. The minimum atomic E-state index is -0.879. The van der Waals surface area contributed by atoms with E-state index in [1.807, 2.05) is 36.4 Å². The second-order valence-corrected chi connectivity index (χ2v) is 9.97. The minimum Gasteiger partial charge on any atom is -0.444 e. The Balaban J connectivity index is 1.42. The Labute approximate surface area is 214 Å². The number of nitrogens with one attached hydrogen (secondary N) is 1. The van der Waals surface area contributed by atoms with Crippen molar-refractivity contribution >= 4 is 23.1 Å². The molecular weight excluding hydrogens is 476 g/mol. The number of aryl methyl sites for hydroxylation is 1. The van der Waals surface area contributed by atoms with Crippen LogP contribution >= 0.6 is 0 Å². The van der Waals surface area contributed by atoms with E-state index in [9.17, 15) is 19.6 Å². The van der Waals surface area contributed by atoms with Crippen LogP contribution in [0.4, 0.5) is 4.79 Å².